The van der Waals surface area contributed by atoms with Crippen LogP contribution in [-0.4, -0.2) is 36.2 Å². The quantitative estimate of drug-likeness (QED) is 0.635. The highest BCUT2D eigenvalue weighted by atomic mass is 79.9. The molecule has 126 valence electrons. The molecule has 0 aliphatic carbocycles. The Morgan fingerprint density at radius 1 is 1.04 bits per heavy atom. The van der Waals surface area contributed by atoms with Crippen molar-refractivity contribution >= 4 is 67.8 Å². The lowest BCUT2D eigenvalue weighted by Gasteiger charge is -2.37. The van der Waals surface area contributed by atoms with E-state index in [1.807, 2.05) is 36.4 Å². The van der Waals surface area contributed by atoms with Crippen LogP contribution in [0.15, 0.2) is 46.9 Å². The number of thiocarbonyl (C=S) groups is 1. The fourth-order valence-electron chi connectivity index (χ4n) is 2.63. The van der Waals surface area contributed by atoms with E-state index in [1.54, 1.807) is 0 Å². The van der Waals surface area contributed by atoms with Crippen LogP contribution in [0.4, 0.5) is 11.4 Å². The molecule has 1 fully saturated rings. The number of piperazine rings is 1. The fraction of sp³-hybridized carbons (Fsp3) is 0.235. The van der Waals surface area contributed by atoms with Crippen molar-refractivity contribution in [3.8, 4) is 0 Å². The summed E-state index contributed by atoms with van der Waals surface area (Å²) in [5.74, 6) is 0. The number of rotatable bonds is 2. The van der Waals surface area contributed by atoms with E-state index in [4.69, 9.17) is 35.4 Å². The van der Waals surface area contributed by atoms with E-state index in [-0.39, 0.29) is 0 Å². The Hall–Kier alpha value is -1.01. The molecule has 0 bridgehead atoms. The molecule has 3 rings (SSSR count). The van der Waals surface area contributed by atoms with E-state index in [0.717, 1.165) is 47.0 Å². The van der Waals surface area contributed by atoms with Crippen LogP contribution in [0.5, 0.6) is 0 Å². The molecule has 3 nitrogen and oxygen atoms in total. The average Bonchev–Trinajstić information content (AvgIpc) is 2.57. The third-order valence-corrected chi connectivity index (χ3v) is 5.31. The summed E-state index contributed by atoms with van der Waals surface area (Å²) in [6, 6.07) is 13.7. The Labute approximate surface area is 165 Å². The Kier molecular flexibility index (Phi) is 5.87. The third kappa shape index (κ3) is 4.33. The second-order valence-electron chi connectivity index (χ2n) is 5.51. The Morgan fingerprint density at radius 3 is 2.46 bits per heavy atom. The molecule has 1 heterocycles. The van der Waals surface area contributed by atoms with Crippen LogP contribution in [0.2, 0.25) is 10.0 Å². The van der Waals surface area contributed by atoms with Gasteiger partial charge in [0.2, 0.25) is 0 Å². The first-order chi connectivity index (χ1) is 11.5. The van der Waals surface area contributed by atoms with E-state index in [2.05, 4.69) is 37.1 Å². The summed E-state index contributed by atoms with van der Waals surface area (Å²) in [4.78, 5) is 4.48. The van der Waals surface area contributed by atoms with Crippen LogP contribution in [0.3, 0.4) is 0 Å². The summed E-state index contributed by atoms with van der Waals surface area (Å²) in [5.41, 5.74) is 1.97. The highest BCUT2D eigenvalue weighted by Crippen LogP contribution is 2.26. The molecule has 1 N–H and O–H groups in total. The van der Waals surface area contributed by atoms with Gasteiger partial charge in [-0.05, 0) is 48.6 Å². The number of halogens is 3. The SMILES string of the molecule is S=C(Nc1ccc(Br)cc1Cl)N1CCN(c2cccc(Cl)c2)CC1. The molecule has 0 aromatic heterocycles. The van der Waals surface area contributed by atoms with Gasteiger partial charge in [0.05, 0.1) is 10.7 Å². The van der Waals surface area contributed by atoms with Gasteiger partial charge in [0.15, 0.2) is 5.11 Å². The number of anilines is 2. The third-order valence-electron chi connectivity index (χ3n) is 3.91. The Bertz CT molecular complexity index is 748. The topological polar surface area (TPSA) is 18.5 Å². The van der Waals surface area contributed by atoms with Crippen LogP contribution < -0.4 is 10.2 Å². The maximum atomic E-state index is 6.24. The molecule has 1 aliphatic heterocycles. The average molecular weight is 445 g/mol. The molecule has 1 saturated heterocycles. The molecule has 0 unspecified atom stereocenters. The van der Waals surface area contributed by atoms with Gasteiger partial charge in [-0.1, -0.05) is 45.2 Å². The molecule has 24 heavy (non-hydrogen) atoms. The van der Waals surface area contributed by atoms with Gasteiger partial charge in [-0.25, -0.2) is 0 Å². The van der Waals surface area contributed by atoms with Crippen molar-refractivity contribution in [1.82, 2.24) is 4.90 Å². The highest BCUT2D eigenvalue weighted by molar-refractivity contribution is 9.10. The van der Waals surface area contributed by atoms with E-state index in [9.17, 15) is 0 Å². The lowest BCUT2D eigenvalue weighted by Crippen LogP contribution is -2.50. The summed E-state index contributed by atoms with van der Waals surface area (Å²) in [6.07, 6.45) is 0. The first-order valence-electron chi connectivity index (χ1n) is 7.54. The monoisotopic (exact) mass is 443 g/mol. The zero-order valence-electron chi connectivity index (χ0n) is 12.8. The lowest BCUT2D eigenvalue weighted by molar-refractivity contribution is 0.391. The smallest absolute Gasteiger partial charge is 0.173 e. The van der Waals surface area contributed by atoms with Crippen molar-refractivity contribution in [2.45, 2.75) is 0 Å². The van der Waals surface area contributed by atoms with E-state index in [0.29, 0.717) is 10.1 Å². The predicted molar refractivity (Wildman–Crippen MR) is 111 cm³/mol. The van der Waals surface area contributed by atoms with Crippen molar-refractivity contribution in [3.63, 3.8) is 0 Å². The Balaban J connectivity index is 1.59. The van der Waals surface area contributed by atoms with Crippen molar-refractivity contribution in [3.05, 3.63) is 57.0 Å². The number of hydrogen-bond donors (Lipinski definition) is 1. The van der Waals surface area contributed by atoms with Crippen LogP contribution in [0.1, 0.15) is 0 Å². The molecule has 0 saturated carbocycles. The van der Waals surface area contributed by atoms with Crippen molar-refractivity contribution in [2.75, 3.05) is 36.4 Å². The summed E-state index contributed by atoms with van der Waals surface area (Å²) in [6.45, 7) is 3.51. The maximum Gasteiger partial charge on any atom is 0.173 e. The van der Waals surface area contributed by atoms with E-state index in [1.165, 1.54) is 0 Å². The molecule has 2 aromatic rings. The molecule has 0 spiro atoms. The number of nitrogens with zero attached hydrogens (tertiary/aromatic N) is 2. The summed E-state index contributed by atoms with van der Waals surface area (Å²) >= 11 is 21.2. The Morgan fingerprint density at radius 2 is 1.79 bits per heavy atom. The first-order valence-corrected chi connectivity index (χ1v) is 9.50. The highest BCUT2D eigenvalue weighted by Gasteiger charge is 2.19. The van der Waals surface area contributed by atoms with E-state index >= 15 is 0 Å². The van der Waals surface area contributed by atoms with Gasteiger partial charge in [0, 0.05) is 41.4 Å². The van der Waals surface area contributed by atoms with Crippen LogP contribution in [0.25, 0.3) is 0 Å². The summed E-state index contributed by atoms with van der Waals surface area (Å²) in [5, 5.41) is 5.34. The molecular formula is C17H16BrCl2N3S. The minimum atomic E-state index is 0.643. The van der Waals surface area contributed by atoms with Gasteiger partial charge in [-0.3, -0.25) is 0 Å². The molecule has 0 atom stereocenters. The summed E-state index contributed by atoms with van der Waals surface area (Å²) in [7, 11) is 0. The largest absolute Gasteiger partial charge is 0.368 e. The molecule has 0 radical (unpaired) electrons. The number of benzene rings is 2. The summed E-state index contributed by atoms with van der Waals surface area (Å²) < 4.78 is 0.944. The normalized spacial score (nSPS) is 14.6. The molecular weight excluding hydrogens is 429 g/mol. The van der Waals surface area contributed by atoms with Gasteiger partial charge in [-0.2, -0.15) is 0 Å². The van der Waals surface area contributed by atoms with Crippen molar-refractivity contribution in [2.24, 2.45) is 0 Å². The molecule has 1 aliphatic rings. The fourth-order valence-corrected chi connectivity index (χ4v) is 3.82. The first kappa shape index (κ1) is 17.8. The van der Waals surface area contributed by atoms with Crippen LogP contribution in [0, 0.1) is 0 Å². The van der Waals surface area contributed by atoms with E-state index < -0.39 is 0 Å². The standard InChI is InChI=1S/C17H16BrCl2N3S/c18-12-4-5-16(15(20)10-12)21-17(24)23-8-6-22(7-9-23)14-3-1-2-13(19)11-14/h1-5,10-11H,6-9H2,(H,21,24). The van der Waals surface area contributed by atoms with Gasteiger partial charge in [0.25, 0.3) is 0 Å². The predicted octanol–water partition coefficient (Wildman–Crippen LogP) is 5.27. The molecule has 0 amide bonds. The molecule has 7 heteroatoms. The van der Waals surface area contributed by atoms with Crippen molar-refractivity contribution < 1.29 is 0 Å². The minimum Gasteiger partial charge on any atom is -0.368 e. The van der Waals surface area contributed by atoms with Crippen LogP contribution in [-0.2, 0) is 0 Å². The zero-order chi connectivity index (χ0) is 17.1. The number of hydrogen-bond acceptors (Lipinski definition) is 2. The number of nitrogens with one attached hydrogen (secondary N) is 1. The van der Waals surface area contributed by atoms with Gasteiger partial charge >= 0.3 is 0 Å². The van der Waals surface area contributed by atoms with Gasteiger partial charge < -0.3 is 15.1 Å². The zero-order valence-corrected chi connectivity index (χ0v) is 16.7. The maximum absolute atomic E-state index is 6.24. The lowest BCUT2D eigenvalue weighted by atomic mass is 10.2. The van der Waals surface area contributed by atoms with Gasteiger partial charge in [-0.15, -0.1) is 0 Å². The second-order valence-corrected chi connectivity index (χ2v) is 7.65. The minimum absolute atomic E-state index is 0.643. The van der Waals surface area contributed by atoms with Crippen LogP contribution >= 0.6 is 51.3 Å². The van der Waals surface area contributed by atoms with Gasteiger partial charge in [0.1, 0.15) is 0 Å². The van der Waals surface area contributed by atoms with Crippen molar-refractivity contribution in [1.29, 1.82) is 0 Å². The second kappa shape index (κ2) is 7.91. The molecule has 2 aromatic carbocycles.